The molecule has 2 aliphatic heterocycles. The van der Waals surface area contributed by atoms with Crippen LogP contribution in [0.2, 0.25) is 0 Å². The molecule has 0 saturated heterocycles. The predicted octanol–water partition coefficient (Wildman–Crippen LogP) is 3.14. The summed E-state index contributed by atoms with van der Waals surface area (Å²) in [4.78, 5) is 36.5. The Morgan fingerprint density at radius 1 is 1.13 bits per heavy atom. The van der Waals surface area contributed by atoms with E-state index in [-0.39, 0.29) is 11.8 Å². The molecular weight excluding hydrogens is 382 g/mol. The monoisotopic (exact) mass is 399 g/mol. The average molecular weight is 399 g/mol. The smallest absolute Gasteiger partial charge is 0.268 e. The van der Waals surface area contributed by atoms with E-state index in [1.54, 1.807) is 24.7 Å². The molecule has 1 aromatic carbocycles. The lowest BCUT2D eigenvalue weighted by Gasteiger charge is -2.26. The van der Waals surface area contributed by atoms with Crippen LogP contribution in [0.1, 0.15) is 29.8 Å². The summed E-state index contributed by atoms with van der Waals surface area (Å²) in [6, 6.07) is 5.75. The number of nitrogens with one attached hydrogen (secondary N) is 3. The maximum absolute atomic E-state index is 12.5. The van der Waals surface area contributed by atoms with Crippen LogP contribution in [0.15, 0.2) is 36.8 Å². The van der Waals surface area contributed by atoms with Crippen molar-refractivity contribution < 1.29 is 14.3 Å². The SMILES string of the molecule is Cc1c(-c2ccc3c(c2)/C(=C/c2ncc[nH]2)C(=O)N3)cnc2c1NC(=O)C1(CC1)O2. The quantitative estimate of drug-likeness (QED) is 0.574. The molecule has 0 atom stereocenters. The molecular formula is C22H17N5O3. The lowest BCUT2D eigenvalue weighted by Crippen LogP contribution is -2.39. The highest BCUT2D eigenvalue weighted by Gasteiger charge is 2.56. The molecule has 1 aliphatic carbocycles. The van der Waals surface area contributed by atoms with Crippen LogP contribution in [0.4, 0.5) is 11.4 Å². The number of anilines is 2. The predicted molar refractivity (Wildman–Crippen MR) is 111 cm³/mol. The van der Waals surface area contributed by atoms with Crippen LogP contribution >= 0.6 is 0 Å². The number of carbonyl (C=O) groups is 2. The number of fused-ring (bicyclic) bond motifs is 2. The number of benzene rings is 1. The number of aromatic amines is 1. The second-order valence-electron chi connectivity index (χ2n) is 7.77. The first-order chi connectivity index (χ1) is 14.5. The van der Waals surface area contributed by atoms with E-state index in [9.17, 15) is 9.59 Å². The Bertz CT molecular complexity index is 1270. The normalized spacial score (nSPS) is 19.2. The molecule has 3 N–H and O–H groups in total. The van der Waals surface area contributed by atoms with Gasteiger partial charge in [0.1, 0.15) is 11.5 Å². The van der Waals surface area contributed by atoms with Crippen LogP contribution in [-0.2, 0) is 9.59 Å². The number of hydrogen-bond acceptors (Lipinski definition) is 5. The van der Waals surface area contributed by atoms with Crippen LogP contribution < -0.4 is 15.4 Å². The fourth-order valence-corrected chi connectivity index (χ4v) is 3.99. The van der Waals surface area contributed by atoms with Gasteiger partial charge >= 0.3 is 0 Å². The van der Waals surface area contributed by atoms with Gasteiger partial charge in [-0.15, -0.1) is 0 Å². The van der Waals surface area contributed by atoms with E-state index in [4.69, 9.17) is 4.74 Å². The lowest BCUT2D eigenvalue weighted by atomic mass is 9.96. The van der Waals surface area contributed by atoms with E-state index in [0.717, 1.165) is 40.8 Å². The molecule has 3 aliphatic rings. The van der Waals surface area contributed by atoms with E-state index in [1.807, 2.05) is 25.1 Å². The number of pyridine rings is 1. The van der Waals surface area contributed by atoms with Gasteiger partial charge in [0.2, 0.25) is 5.88 Å². The van der Waals surface area contributed by atoms with Crippen LogP contribution in [0.3, 0.4) is 0 Å². The minimum atomic E-state index is -0.723. The summed E-state index contributed by atoms with van der Waals surface area (Å²) in [5.41, 5.74) is 4.60. The number of carbonyl (C=O) groups excluding carboxylic acids is 2. The van der Waals surface area contributed by atoms with Crippen LogP contribution in [0.25, 0.3) is 22.8 Å². The van der Waals surface area contributed by atoms with Gasteiger partial charge in [0, 0.05) is 48.2 Å². The van der Waals surface area contributed by atoms with Gasteiger partial charge in [-0.25, -0.2) is 9.97 Å². The molecule has 1 saturated carbocycles. The topological polar surface area (TPSA) is 109 Å². The summed E-state index contributed by atoms with van der Waals surface area (Å²) in [5, 5.41) is 5.86. The highest BCUT2D eigenvalue weighted by Crippen LogP contribution is 2.48. The van der Waals surface area contributed by atoms with Gasteiger partial charge in [-0.3, -0.25) is 9.59 Å². The van der Waals surface area contributed by atoms with E-state index in [0.29, 0.717) is 23.0 Å². The van der Waals surface area contributed by atoms with Crippen LogP contribution in [0, 0.1) is 6.92 Å². The number of imidazole rings is 1. The Hall–Kier alpha value is -3.94. The minimum absolute atomic E-state index is 0.107. The maximum Gasteiger partial charge on any atom is 0.268 e. The largest absolute Gasteiger partial charge is 0.459 e. The van der Waals surface area contributed by atoms with Crippen LogP contribution in [0.5, 0.6) is 5.88 Å². The summed E-state index contributed by atoms with van der Waals surface area (Å²) < 4.78 is 5.88. The number of H-pyrrole nitrogens is 1. The maximum atomic E-state index is 12.5. The fraction of sp³-hybridized carbons (Fsp3) is 0.182. The molecule has 3 aromatic rings. The van der Waals surface area contributed by atoms with Gasteiger partial charge in [0.25, 0.3) is 11.8 Å². The number of hydrogen-bond donors (Lipinski definition) is 3. The van der Waals surface area contributed by atoms with Crippen molar-refractivity contribution >= 4 is 34.8 Å². The zero-order chi connectivity index (χ0) is 20.5. The van der Waals surface area contributed by atoms with Crippen molar-refractivity contribution in [1.82, 2.24) is 15.0 Å². The van der Waals surface area contributed by atoms with Gasteiger partial charge in [-0.1, -0.05) is 6.07 Å². The van der Waals surface area contributed by atoms with Crippen molar-refractivity contribution in [1.29, 1.82) is 0 Å². The molecule has 0 bridgehead atoms. The molecule has 2 amide bonds. The van der Waals surface area contributed by atoms with Crippen molar-refractivity contribution in [2.45, 2.75) is 25.4 Å². The fourth-order valence-electron chi connectivity index (χ4n) is 3.99. The molecule has 2 aromatic heterocycles. The van der Waals surface area contributed by atoms with Gasteiger partial charge in [-0.05, 0) is 36.3 Å². The van der Waals surface area contributed by atoms with E-state index in [1.165, 1.54) is 0 Å². The second kappa shape index (κ2) is 5.79. The number of ether oxygens (including phenoxy) is 1. The van der Waals surface area contributed by atoms with Crippen molar-refractivity contribution in [3.63, 3.8) is 0 Å². The summed E-state index contributed by atoms with van der Waals surface area (Å²) in [5.74, 6) is 0.794. The third kappa shape index (κ3) is 2.40. The zero-order valence-electron chi connectivity index (χ0n) is 16.1. The molecule has 30 heavy (non-hydrogen) atoms. The summed E-state index contributed by atoms with van der Waals surface area (Å²) >= 11 is 0. The number of nitrogens with zero attached hydrogens (tertiary/aromatic N) is 2. The highest BCUT2D eigenvalue weighted by molar-refractivity contribution is 6.35. The van der Waals surface area contributed by atoms with E-state index in [2.05, 4.69) is 25.6 Å². The Morgan fingerprint density at radius 2 is 2.00 bits per heavy atom. The molecule has 1 spiro atoms. The van der Waals surface area contributed by atoms with Crippen LogP contribution in [-0.4, -0.2) is 32.4 Å². The van der Waals surface area contributed by atoms with E-state index >= 15 is 0 Å². The lowest BCUT2D eigenvalue weighted by molar-refractivity contribution is -0.125. The van der Waals surface area contributed by atoms with E-state index < -0.39 is 5.60 Å². The van der Waals surface area contributed by atoms with Gasteiger partial charge < -0.3 is 20.4 Å². The molecule has 6 rings (SSSR count). The Kier molecular flexibility index (Phi) is 3.27. The first-order valence-electron chi connectivity index (χ1n) is 9.71. The van der Waals surface area contributed by atoms with Crippen molar-refractivity contribution in [2.24, 2.45) is 0 Å². The molecule has 1 fully saturated rings. The summed E-state index contributed by atoms with van der Waals surface area (Å²) in [6.45, 7) is 1.93. The number of aromatic nitrogens is 3. The third-order valence-electron chi connectivity index (χ3n) is 5.87. The summed E-state index contributed by atoms with van der Waals surface area (Å²) in [6.07, 6.45) is 8.27. The second-order valence-corrected chi connectivity index (χ2v) is 7.77. The Labute approximate surface area is 171 Å². The van der Waals surface area contributed by atoms with Gasteiger partial charge in [0.15, 0.2) is 5.60 Å². The number of rotatable bonds is 2. The molecule has 4 heterocycles. The van der Waals surface area contributed by atoms with Crippen molar-refractivity contribution in [2.75, 3.05) is 10.6 Å². The number of amides is 2. The third-order valence-corrected chi connectivity index (χ3v) is 5.87. The van der Waals surface area contributed by atoms with Gasteiger partial charge in [-0.2, -0.15) is 0 Å². The van der Waals surface area contributed by atoms with Crippen molar-refractivity contribution in [3.8, 4) is 17.0 Å². The molecule has 0 unspecified atom stereocenters. The molecule has 8 heteroatoms. The minimum Gasteiger partial charge on any atom is -0.459 e. The Balaban J connectivity index is 1.43. The standard InChI is InChI=1S/C22H17N5O3/c1-11-15(10-25-20-18(11)27-21(29)22(30-20)4-5-22)12-2-3-16-13(8-12)14(19(28)26-16)9-17-23-6-7-24-17/h2-3,6-10H,4-5H2,1H3,(H,23,24)(H,26,28)(H,27,29)/b14-9-. The molecule has 148 valence electrons. The molecule has 8 nitrogen and oxygen atoms in total. The highest BCUT2D eigenvalue weighted by atomic mass is 16.5. The summed E-state index contributed by atoms with van der Waals surface area (Å²) in [7, 11) is 0. The van der Waals surface area contributed by atoms with Crippen molar-refractivity contribution in [3.05, 3.63) is 53.7 Å². The first-order valence-corrected chi connectivity index (χ1v) is 9.71. The first kappa shape index (κ1) is 17.0. The molecule has 0 radical (unpaired) electrons. The van der Waals surface area contributed by atoms with Gasteiger partial charge in [0.05, 0.1) is 5.57 Å². The Morgan fingerprint density at radius 3 is 2.77 bits per heavy atom. The average Bonchev–Trinajstić information content (AvgIpc) is 3.18. The zero-order valence-corrected chi connectivity index (χ0v) is 16.1.